The molecule has 0 spiro atoms. The van der Waals surface area contributed by atoms with Crippen LogP contribution in [0.1, 0.15) is 53.1 Å². The Labute approximate surface area is 218 Å². The Bertz CT molecular complexity index is 1130. The van der Waals surface area contributed by atoms with E-state index in [0.29, 0.717) is 30.0 Å². The monoisotopic (exact) mass is 505 g/mol. The third kappa shape index (κ3) is 6.48. The summed E-state index contributed by atoms with van der Waals surface area (Å²) in [5.74, 6) is -0.0269. The number of carbonyl (C=O) groups excluding carboxylic acids is 2. The molecule has 4 atom stereocenters. The Morgan fingerprint density at radius 1 is 1.03 bits per heavy atom. The number of rotatable bonds is 2. The standard InChI is InChI=1S/C29H35N3O5/c1-31-14-13-23-10-12-26(35-3)27(37-23)19-36-25-11-9-20(17-30)15-24(25)29(34)32(2)18-22(16-28(31)33)21-7-5-4-6-8-21/h4-9,11,15,22-23,26-27H,10,12-14,16,18-19H2,1-3H3/t22-,23-,26+,27-/m1/s1. The number of benzene rings is 2. The number of likely N-dealkylation sites (N-methyl/N-ethyl adjacent to an activating group) is 1. The summed E-state index contributed by atoms with van der Waals surface area (Å²) in [6, 6.07) is 16.8. The second kappa shape index (κ2) is 12.2. The van der Waals surface area contributed by atoms with Gasteiger partial charge in [0.05, 0.1) is 29.4 Å². The molecule has 0 saturated carbocycles. The molecule has 1 saturated heterocycles. The van der Waals surface area contributed by atoms with Gasteiger partial charge in [-0.15, -0.1) is 0 Å². The van der Waals surface area contributed by atoms with Gasteiger partial charge in [-0.1, -0.05) is 30.3 Å². The molecule has 0 aromatic heterocycles. The maximum atomic E-state index is 13.6. The topological polar surface area (TPSA) is 92.1 Å². The molecule has 196 valence electrons. The highest BCUT2D eigenvalue weighted by Crippen LogP contribution is 2.29. The molecule has 4 rings (SSSR count). The van der Waals surface area contributed by atoms with Crippen molar-refractivity contribution in [3.63, 3.8) is 0 Å². The maximum absolute atomic E-state index is 13.6. The fourth-order valence-corrected chi connectivity index (χ4v) is 5.09. The van der Waals surface area contributed by atoms with Crippen molar-refractivity contribution >= 4 is 11.8 Å². The number of nitriles is 1. The van der Waals surface area contributed by atoms with Crippen molar-refractivity contribution in [2.75, 3.05) is 40.9 Å². The van der Waals surface area contributed by atoms with Gasteiger partial charge in [0.25, 0.3) is 5.91 Å². The summed E-state index contributed by atoms with van der Waals surface area (Å²) >= 11 is 0. The van der Waals surface area contributed by atoms with Gasteiger partial charge in [-0.05, 0) is 43.0 Å². The molecule has 2 aromatic carbocycles. The second-order valence-corrected chi connectivity index (χ2v) is 9.88. The highest BCUT2D eigenvalue weighted by Gasteiger charge is 2.33. The van der Waals surface area contributed by atoms with E-state index in [4.69, 9.17) is 14.2 Å². The molecule has 8 heteroatoms. The van der Waals surface area contributed by atoms with Crippen LogP contribution in [-0.2, 0) is 14.3 Å². The first-order valence-corrected chi connectivity index (χ1v) is 12.8. The lowest BCUT2D eigenvalue weighted by Gasteiger charge is -2.36. The van der Waals surface area contributed by atoms with E-state index in [9.17, 15) is 14.9 Å². The summed E-state index contributed by atoms with van der Waals surface area (Å²) < 4.78 is 18.1. The van der Waals surface area contributed by atoms with Crippen LogP contribution >= 0.6 is 0 Å². The highest BCUT2D eigenvalue weighted by atomic mass is 16.6. The number of methoxy groups -OCH3 is 1. The third-order valence-electron chi connectivity index (χ3n) is 7.35. The number of hydrogen-bond donors (Lipinski definition) is 0. The molecule has 2 aromatic rings. The van der Waals surface area contributed by atoms with Crippen LogP contribution in [0.3, 0.4) is 0 Å². The molecule has 1 fully saturated rings. The van der Waals surface area contributed by atoms with Gasteiger partial charge in [0.1, 0.15) is 18.5 Å². The van der Waals surface area contributed by atoms with E-state index in [1.165, 1.54) is 0 Å². The molecule has 0 unspecified atom stereocenters. The number of carbonyl (C=O) groups is 2. The molecular formula is C29H35N3O5. The molecular weight excluding hydrogens is 470 g/mol. The van der Waals surface area contributed by atoms with Gasteiger partial charge in [0.2, 0.25) is 5.91 Å². The van der Waals surface area contributed by atoms with Crippen LogP contribution < -0.4 is 4.74 Å². The summed E-state index contributed by atoms with van der Waals surface area (Å²) in [6.07, 6.45) is 2.23. The van der Waals surface area contributed by atoms with Gasteiger partial charge in [0, 0.05) is 46.6 Å². The minimum atomic E-state index is -0.309. The molecule has 0 aliphatic carbocycles. The van der Waals surface area contributed by atoms with E-state index in [-0.39, 0.29) is 49.1 Å². The first-order chi connectivity index (χ1) is 17.9. The average molecular weight is 506 g/mol. The normalized spacial score (nSPS) is 25.7. The third-order valence-corrected chi connectivity index (χ3v) is 7.35. The smallest absolute Gasteiger partial charge is 0.257 e. The Balaban J connectivity index is 1.68. The quantitative estimate of drug-likeness (QED) is 0.619. The second-order valence-electron chi connectivity index (χ2n) is 9.88. The zero-order valence-electron chi connectivity index (χ0n) is 21.8. The summed E-state index contributed by atoms with van der Waals surface area (Å²) in [7, 11) is 5.20. The van der Waals surface area contributed by atoms with E-state index in [0.717, 1.165) is 24.8 Å². The largest absolute Gasteiger partial charge is 0.490 e. The Morgan fingerprint density at radius 2 is 1.81 bits per heavy atom. The number of fused-ring (bicyclic) bond motifs is 3. The Morgan fingerprint density at radius 3 is 2.54 bits per heavy atom. The van der Waals surface area contributed by atoms with Gasteiger partial charge in [-0.3, -0.25) is 9.59 Å². The van der Waals surface area contributed by atoms with Crippen molar-refractivity contribution < 1.29 is 23.8 Å². The van der Waals surface area contributed by atoms with Crippen molar-refractivity contribution in [2.45, 2.75) is 49.9 Å². The predicted octanol–water partition coefficient (Wildman–Crippen LogP) is 3.61. The molecule has 8 nitrogen and oxygen atoms in total. The van der Waals surface area contributed by atoms with Crippen molar-refractivity contribution in [1.82, 2.24) is 9.80 Å². The number of nitrogens with zero attached hydrogens (tertiary/aromatic N) is 3. The van der Waals surface area contributed by atoms with Crippen LogP contribution in [0.2, 0.25) is 0 Å². The van der Waals surface area contributed by atoms with Crippen molar-refractivity contribution in [1.29, 1.82) is 5.26 Å². The van der Waals surface area contributed by atoms with E-state index in [1.807, 2.05) is 37.4 Å². The Kier molecular flexibility index (Phi) is 8.80. The molecule has 0 radical (unpaired) electrons. The summed E-state index contributed by atoms with van der Waals surface area (Å²) in [5, 5.41) is 9.46. The highest BCUT2D eigenvalue weighted by molar-refractivity contribution is 5.97. The number of ether oxygens (including phenoxy) is 3. The minimum absolute atomic E-state index is 0.0127. The first kappa shape index (κ1) is 26.6. The molecule has 2 heterocycles. The van der Waals surface area contributed by atoms with Crippen LogP contribution in [-0.4, -0.2) is 80.8 Å². The van der Waals surface area contributed by atoms with Crippen LogP contribution in [0.4, 0.5) is 0 Å². The lowest BCUT2D eigenvalue weighted by atomic mass is 9.94. The first-order valence-electron chi connectivity index (χ1n) is 12.8. The fourth-order valence-electron chi connectivity index (χ4n) is 5.09. The van der Waals surface area contributed by atoms with Crippen molar-refractivity contribution in [2.24, 2.45) is 0 Å². The molecule has 2 aliphatic rings. The minimum Gasteiger partial charge on any atom is -0.490 e. The molecule has 0 N–H and O–H groups in total. The van der Waals surface area contributed by atoms with Gasteiger partial charge in [0.15, 0.2) is 0 Å². The van der Waals surface area contributed by atoms with Crippen molar-refractivity contribution in [3.8, 4) is 11.8 Å². The fraction of sp³-hybridized carbons (Fsp3) is 0.483. The van der Waals surface area contributed by atoms with E-state index in [2.05, 4.69) is 6.07 Å². The number of hydrogen-bond acceptors (Lipinski definition) is 6. The van der Waals surface area contributed by atoms with E-state index in [1.54, 1.807) is 42.2 Å². The molecule has 37 heavy (non-hydrogen) atoms. The van der Waals surface area contributed by atoms with Gasteiger partial charge < -0.3 is 24.0 Å². The van der Waals surface area contributed by atoms with Crippen LogP contribution in [0.25, 0.3) is 0 Å². The Hall–Kier alpha value is -3.41. The van der Waals surface area contributed by atoms with E-state index >= 15 is 0 Å². The lowest BCUT2D eigenvalue weighted by Crippen LogP contribution is -2.44. The van der Waals surface area contributed by atoms with Gasteiger partial charge in [-0.2, -0.15) is 5.26 Å². The average Bonchev–Trinajstić information content (AvgIpc) is 2.93. The summed E-state index contributed by atoms with van der Waals surface area (Å²) in [6.45, 7) is 1.15. The zero-order chi connectivity index (χ0) is 26.4. The van der Waals surface area contributed by atoms with Crippen molar-refractivity contribution in [3.05, 3.63) is 65.2 Å². The van der Waals surface area contributed by atoms with Crippen LogP contribution in [0.15, 0.2) is 48.5 Å². The van der Waals surface area contributed by atoms with Gasteiger partial charge in [-0.25, -0.2) is 0 Å². The molecule has 2 amide bonds. The SMILES string of the molecule is CO[C@H]1CC[C@@H]2CCN(C)C(=O)C[C@@H](c3ccccc3)CN(C)C(=O)c3cc(C#N)ccc3OC[C@H]1O2. The van der Waals surface area contributed by atoms with Crippen LogP contribution in [0, 0.1) is 11.3 Å². The maximum Gasteiger partial charge on any atom is 0.257 e. The zero-order valence-corrected chi connectivity index (χ0v) is 21.8. The van der Waals surface area contributed by atoms with Crippen LogP contribution in [0.5, 0.6) is 5.75 Å². The molecule has 2 bridgehead atoms. The lowest BCUT2D eigenvalue weighted by molar-refractivity contribution is -0.145. The van der Waals surface area contributed by atoms with E-state index < -0.39 is 0 Å². The summed E-state index contributed by atoms with van der Waals surface area (Å²) in [5.41, 5.74) is 1.68. The summed E-state index contributed by atoms with van der Waals surface area (Å²) in [4.78, 5) is 30.2. The predicted molar refractivity (Wildman–Crippen MR) is 138 cm³/mol. The van der Waals surface area contributed by atoms with Gasteiger partial charge >= 0.3 is 0 Å². The molecule has 2 aliphatic heterocycles. The number of amides is 2.